The van der Waals surface area contributed by atoms with Crippen LogP contribution in [-0.2, 0) is 0 Å². The van der Waals surface area contributed by atoms with Crippen LogP contribution < -0.4 is 0 Å². The van der Waals surface area contributed by atoms with Crippen molar-refractivity contribution >= 4 is 5.91 Å². The molecule has 1 spiro atoms. The summed E-state index contributed by atoms with van der Waals surface area (Å²) < 4.78 is 0. The molecule has 2 heteroatoms. The summed E-state index contributed by atoms with van der Waals surface area (Å²) in [6, 6.07) is 10.4. The van der Waals surface area contributed by atoms with Crippen LogP contribution in [0.3, 0.4) is 0 Å². The highest BCUT2D eigenvalue weighted by Gasteiger charge is 2.79. The minimum Gasteiger partial charge on any atom is -0.326 e. The molecule has 1 aromatic rings. The molecule has 128 valence electrons. The molecule has 24 heavy (non-hydrogen) atoms. The highest BCUT2D eigenvalue weighted by Crippen LogP contribution is 2.78. The Balaban J connectivity index is 1.54. The van der Waals surface area contributed by atoms with E-state index < -0.39 is 0 Å². The van der Waals surface area contributed by atoms with Crippen molar-refractivity contribution in [3.8, 4) is 0 Å². The first-order valence-electron chi connectivity index (χ1n) is 9.72. The van der Waals surface area contributed by atoms with E-state index in [-0.39, 0.29) is 11.4 Å². The fraction of sp³-hybridized carbons (Fsp3) is 0.682. The molecule has 1 amide bonds. The van der Waals surface area contributed by atoms with E-state index in [2.05, 4.69) is 32.6 Å². The van der Waals surface area contributed by atoms with Gasteiger partial charge in [-0.1, -0.05) is 39.0 Å². The van der Waals surface area contributed by atoms with Crippen LogP contribution in [0.15, 0.2) is 30.3 Å². The Morgan fingerprint density at radius 3 is 2.46 bits per heavy atom. The fourth-order valence-corrected chi connectivity index (χ4v) is 7.68. The number of benzene rings is 1. The predicted molar refractivity (Wildman–Crippen MR) is 95.6 cm³/mol. The molecule has 1 saturated heterocycles. The van der Waals surface area contributed by atoms with E-state index in [0.717, 1.165) is 17.4 Å². The number of rotatable bonds is 1. The molecule has 0 unspecified atom stereocenters. The van der Waals surface area contributed by atoms with E-state index in [9.17, 15) is 4.79 Å². The number of carbonyl (C=O) groups is 1. The molecular weight excluding hydrogens is 294 g/mol. The first-order valence-corrected chi connectivity index (χ1v) is 9.72. The van der Waals surface area contributed by atoms with Crippen LogP contribution in [0.4, 0.5) is 0 Å². The molecule has 2 nitrogen and oxygen atoms in total. The minimum atomic E-state index is 0.0890. The SMILES string of the molecule is C[C@@H]1CC[C@H]2C(C)(C)[C@H]3C[C@@]12C[C@@H]1N(C(=O)c2ccccc2)[C@@]13C. The molecule has 5 rings (SSSR count). The van der Waals surface area contributed by atoms with Crippen molar-refractivity contribution in [3.05, 3.63) is 35.9 Å². The molecule has 2 bridgehead atoms. The summed E-state index contributed by atoms with van der Waals surface area (Å²) in [5.41, 5.74) is 1.81. The summed E-state index contributed by atoms with van der Waals surface area (Å²) >= 11 is 0. The summed E-state index contributed by atoms with van der Waals surface area (Å²) in [5, 5.41) is 0. The second kappa shape index (κ2) is 4.26. The zero-order chi connectivity index (χ0) is 16.9. The lowest BCUT2D eigenvalue weighted by Gasteiger charge is -2.37. The molecule has 0 radical (unpaired) electrons. The monoisotopic (exact) mass is 323 g/mol. The summed E-state index contributed by atoms with van der Waals surface area (Å²) in [6.45, 7) is 9.86. The number of hydrogen-bond donors (Lipinski definition) is 0. The predicted octanol–water partition coefficient (Wildman–Crippen LogP) is 4.75. The van der Waals surface area contributed by atoms with Crippen molar-refractivity contribution < 1.29 is 4.79 Å². The molecule has 3 saturated carbocycles. The number of likely N-dealkylation sites (tertiary alicyclic amines) is 1. The Hall–Kier alpha value is -1.31. The number of nitrogens with zero attached hydrogens (tertiary/aromatic N) is 1. The Morgan fingerprint density at radius 2 is 1.75 bits per heavy atom. The van der Waals surface area contributed by atoms with Crippen molar-refractivity contribution in [2.24, 2.45) is 28.6 Å². The molecular formula is C22H29NO. The Bertz CT molecular complexity index is 710. The molecule has 0 aromatic heterocycles. The number of fused-ring (bicyclic) bond motifs is 3. The lowest BCUT2D eigenvalue weighted by molar-refractivity contribution is 0.0750. The highest BCUT2D eigenvalue weighted by atomic mass is 16.2. The molecule has 1 aliphatic heterocycles. The van der Waals surface area contributed by atoms with Crippen LogP contribution >= 0.6 is 0 Å². The summed E-state index contributed by atoms with van der Waals surface area (Å²) in [7, 11) is 0. The van der Waals surface area contributed by atoms with Crippen LogP contribution in [0.1, 0.15) is 63.7 Å². The van der Waals surface area contributed by atoms with Crippen molar-refractivity contribution in [2.45, 2.75) is 65.0 Å². The van der Waals surface area contributed by atoms with E-state index in [1.807, 2.05) is 30.3 Å². The van der Waals surface area contributed by atoms with Crippen molar-refractivity contribution in [3.63, 3.8) is 0 Å². The smallest absolute Gasteiger partial charge is 0.254 e. The highest BCUT2D eigenvalue weighted by molar-refractivity contribution is 5.97. The quantitative estimate of drug-likeness (QED) is 0.683. The Kier molecular flexibility index (Phi) is 2.66. The lowest BCUT2D eigenvalue weighted by atomic mass is 9.66. The van der Waals surface area contributed by atoms with Gasteiger partial charge >= 0.3 is 0 Å². The third-order valence-electron chi connectivity index (χ3n) is 8.90. The Morgan fingerprint density at radius 1 is 1.04 bits per heavy atom. The maximum atomic E-state index is 13.2. The van der Waals surface area contributed by atoms with E-state index in [1.54, 1.807) is 0 Å². The molecule has 4 aliphatic rings. The van der Waals surface area contributed by atoms with Gasteiger partial charge in [0.15, 0.2) is 0 Å². The zero-order valence-electron chi connectivity index (χ0n) is 15.4. The van der Waals surface area contributed by atoms with Gasteiger partial charge in [0.25, 0.3) is 5.91 Å². The van der Waals surface area contributed by atoms with E-state index in [1.165, 1.54) is 25.7 Å². The topological polar surface area (TPSA) is 20.1 Å². The zero-order valence-corrected chi connectivity index (χ0v) is 15.4. The summed E-state index contributed by atoms with van der Waals surface area (Å²) in [6.07, 6.45) is 5.38. The number of amides is 1. The van der Waals surface area contributed by atoms with E-state index in [0.29, 0.717) is 22.8 Å². The normalized spacial score (nSPS) is 47.2. The van der Waals surface area contributed by atoms with Gasteiger partial charge in [0, 0.05) is 5.56 Å². The van der Waals surface area contributed by atoms with Gasteiger partial charge in [-0.05, 0) is 73.3 Å². The van der Waals surface area contributed by atoms with Gasteiger partial charge in [-0.3, -0.25) is 4.79 Å². The molecule has 0 N–H and O–H groups in total. The molecule has 3 aliphatic carbocycles. The van der Waals surface area contributed by atoms with E-state index >= 15 is 0 Å². The Labute approximate surface area is 145 Å². The minimum absolute atomic E-state index is 0.0890. The third kappa shape index (κ3) is 1.48. The molecule has 6 atom stereocenters. The van der Waals surface area contributed by atoms with Gasteiger partial charge in [-0.25, -0.2) is 0 Å². The van der Waals surface area contributed by atoms with Crippen LogP contribution in [0.5, 0.6) is 0 Å². The van der Waals surface area contributed by atoms with Gasteiger partial charge in [-0.2, -0.15) is 0 Å². The largest absolute Gasteiger partial charge is 0.326 e. The second-order valence-corrected chi connectivity index (χ2v) is 9.83. The third-order valence-corrected chi connectivity index (χ3v) is 8.90. The van der Waals surface area contributed by atoms with Crippen LogP contribution in [0.2, 0.25) is 0 Å². The molecule has 1 aromatic carbocycles. The maximum absolute atomic E-state index is 13.2. The number of carbonyl (C=O) groups excluding carboxylic acids is 1. The fourth-order valence-electron chi connectivity index (χ4n) is 7.68. The second-order valence-electron chi connectivity index (χ2n) is 9.83. The van der Waals surface area contributed by atoms with Crippen LogP contribution in [-0.4, -0.2) is 22.4 Å². The average molecular weight is 323 g/mol. The maximum Gasteiger partial charge on any atom is 0.254 e. The van der Waals surface area contributed by atoms with Gasteiger partial charge < -0.3 is 4.90 Å². The average Bonchev–Trinajstić information content (AvgIpc) is 2.94. The van der Waals surface area contributed by atoms with Crippen LogP contribution in [0.25, 0.3) is 0 Å². The standard InChI is InChI=1S/C22H29NO/c1-14-10-11-16-20(2,3)17-12-22(14,16)13-18-21(17,4)23(18)19(24)15-8-6-5-7-9-15/h5-9,14,16-18H,10-13H2,1-4H3/t14-,16+,17-,18+,21-,22-,23?/m1/s1. The molecule has 4 fully saturated rings. The van der Waals surface area contributed by atoms with Gasteiger partial charge in [0.2, 0.25) is 0 Å². The first-order chi connectivity index (χ1) is 11.3. The van der Waals surface area contributed by atoms with Gasteiger partial charge in [-0.15, -0.1) is 0 Å². The van der Waals surface area contributed by atoms with Crippen molar-refractivity contribution in [1.29, 1.82) is 0 Å². The summed E-state index contributed by atoms with van der Waals surface area (Å²) in [4.78, 5) is 15.4. The van der Waals surface area contributed by atoms with Crippen molar-refractivity contribution in [1.82, 2.24) is 4.90 Å². The number of hydrogen-bond acceptors (Lipinski definition) is 1. The first kappa shape index (κ1) is 15.0. The van der Waals surface area contributed by atoms with Crippen LogP contribution in [0, 0.1) is 28.6 Å². The van der Waals surface area contributed by atoms with E-state index in [4.69, 9.17) is 0 Å². The van der Waals surface area contributed by atoms with Crippen molar-refractivity contribution in [2.75, 3.05) is 0 Å². The lowest BCUT2D eigenvalue weighted by Crippen LogP contribution is -2.38. The van der Waals surface area contributed by atoms with Gasteiger partial charge in [0.1, 0.15) is 0 Å². The van der Waals surface area contributed by atoms with Gasteiger partial charge in [0.05, 0.1) is 11.6 Å². The molecule has 1 heterocycles. The summed E-state index contributed by atoms with van der Waals surface area (Å²) in [5.74, 6) is 2.60.